The Morgan fingerprint density at radius 2 is 1.72 bits per heavy atom. The van der Waals surface area contributed by atoms with Crippen molar-refractivity contribution in [2.75, 3.05) is 33.2 Å². The van der Waals surface area contributed by atoms with Crippen molar-refractivity contribution < 1.29 is 19.0 Å². The molecular weight excluding hydrogens is 424 g/mol. The van der Waals surface area contributed by atoms with Crippen LogP contribution < -0.4 is 19.5 Å². The van der Waals surface area contributed by atoms with E-state index in [-0.39, 0.29) is 18.5 Å². The summed E-state index contributed by atoms with van der Waals surface area (Å²) >= 11 is 1.74. The molecule has 1 amide bonds. The standard InChI is InChI=1S/C25H30N2O4S/c1-18(14-22-6-5-13-32-22)27(16-19-7-9-20(29-2)10-8-19)17-25(28)26-23-15-21(30-3)11-12-24(23)31-4/h5-13,15,18H,14,16-17H2,1-4H3,(H,26,28). The third-order valence-corrected chi connectivity index (χ3v) is 6.17. The van der Waals surface area contributed by atoms with E-state index in [2.05, 4.69) is 34.7 Å². The average Bonchev–Trinajstić information content (AvgIpc) is 3.32. The highest BCUT2D eigenvalue weighted by atomic mass is 32.1. The fraction of sp³-hybridized carbons (Fsp3) is 0.320. The summed E-state index contributed by atoms with van der Waals surface area (Å²) < 4.78 is 15.9. The third-order valence-electron chi connectivity index (χ3n) is 5.27. The van der Waals surface area contributed by atoms with Crippen molar-refractivity contribution >= 4 is 22.9 Å². The Hall–Kier alpha value is -3.03. The number of amides is 1. The number of thiophene rings is 1. The summed E-state index contributed by atoms with van der Waals surface area (Å²) in [6.45, 7) is 3.06. The molecule has 32 heavy (non-hydrogen) atoms. The largest absolute Gasteiger partial charge is 0.497 e. The number of hydrogen-bond donors (Lipinski definition) is 1. The van der Waals surface area contributed by atoms with E-state index in [9.17, 15) is 4.79 Å². The first-order valence-corrected chi connectivity index (χ1v) is 11.3. The highest BCUT2D eigenvalue weighted by molar-refractivity contribution is 7.09. The van der Waals surface area contributed by atoms with Crippen molar-refractivity contribution in [3.8, 4) is 17.2 Å². The number of methoxy groups -OCH3 is 3. The maximum atomic E-state index is 13.0. The Labute approximate surface area is 193 Å². The zero-order valence-corrected chi connectivity index (χ0v) is 19.8. The van der Waals surface area contributed by atoms with Crippen LogP contribution in [0.15, 0.2) is 60.0 Å². The molecule has 0 saturated heterocycles. The molecule has 0 aliphatic carbocycles. The van der Waals surface area contributed by atoms with Crippen LogP contribution in [0.3, 0.4) is 0 Å². The Bertz CT molecular complexity index is 990. The number of ether oxygens (including phenoxy) is 3. The van der Waals surface area contributed by atoms with Crippen LogP contribution in [0, 0.1) is 0 Å². The van der Waals surface area contributed by atoms with Crippen molar-refractivity contribution in [1.29, 1.82) is 0 Å². The van der Waals surface area contributed by atoms with Crippen molar-refractivity contribution in [1.82, 2.24) is 4.90 Å². The summed E-state index contributed by atoms with van der Waals surface area (Å²) in [6, 6.07) is 17.7. The second kappa shape index (κ2) is 11.5. The number of nitrogens with zero attached hydrogens (tertiary/aromatic N) is 1. The normalized spacial score (nSPS) is 11.8. The van der Waals surface area contributed by atoms with Crippen LogP contribution in [-0.4, -0.2) is 44.7 Å². The summed E-state index contributed by atoms with van der Waals surface area (Å²) in [5, 5.41) is 5.06. The zero-order valence-electron chi connectivity index (χ0n) is 19.0. The lowest BCUT2D eigenvalue weighted by Gasteiger charge is -2.28. The summed E-state index contributed by atoms with van der Waals surface area (Å²) in [5.74, 6) is 1.95. The molecule has 1 N–H and O–H groups in total. The van der Waals surface area contributed by atoms with Gasteiger partial charge in [-0.3, -0.25) is 9.69 Å². The predicted octanol–water partition coefficient (Wildman–Crippen LogP) is 4.85. The molecule has 1 aromatic heterocycles. The Kier molecular flexibility index (Phi) is 8.53. The van der Waals surface area contributed by atoms with E-state index < -0.39 is 0 Å². The molecule has 3 aromatic rings. The molecule has 0 bridgehead atoms. The molecule has 2 aromatic carbocycles. The van der Waals surface area contributed by atoms with Gasteiger partial charge >= 0.3 is 0 Å². The van der Waals surface area contributed by atoms with Gasteiger partial charge in [0.25, 0.3) is 0 Å². The number of anilines is 1. The lowest BCUT2D eigenvalue weighted by Crippen LogP contribution is -2.40. The molecule has 1 atom stereocenters. The van der Waals surface area contributed by atoms with Crippen molar-refractivity contribution in [2.24, 2.45) is 0 Å². The molecular formula is C25H30N2O4S. The minimum atomic E-state index is -0.108. The quantitative estimate of drug-likeness (QED) is 0.449. The molecule has 0 aliphatic rings. The van der Waals surface area contributed by atoms with E-state index >= 15 is 0 Å². The van der Waals surface area contributed by atoms with Gasteiger partial charge in [-0.2, -0.15) is 0 Å². The molecule has 0 fully saturated rings. The van der Waals surface area contributed by atoms with Crippen LogP contribution in [0.5, 0.6) is 17.2 Å². The third kappa shape index (κ3) is 6.48. The lowest BCUT2D eigenvalue weighted by atomic mass is 10.1. The topological polar surface area (TPSA) is 60.0 Å². The second-order valence-corrected chi connectivity index (χ2v) is 8.53. The van der Waals surface area contributed by atoms with Gasteiger partial charge in [-0.25, -0.2) is 0 Å². The maximum absolute atomic E-state index is 13.0. The highest BCUT2D eigenvalue weighted by Crippen LogP contribution is 2.29. The Balaban J connectivity index is 1.75. The molecule has 1 heterocycles. The van der Waals surface area contributed by atoms with Gasteiger partial charge in [0.2, 0.25) is 5.91 Å². The van der Waals surface area contributed by atoms with Gasteiger partial charge in [0.15, 0.2) is 0 Å². The molecule has 3 rings (SSSR count). The van der Waals surface area contributed by atoms with Crippen LogP contribution >= 0.6 is 11.3 Å². The fourth-order valence-electron chi connectivity index (χ4n) is 3.47. The van der Waals surface area contributed by atoms with Crippen LogP contribution in [0.4, 0.5) is 5.69 Å². The minimum absolute atomic E-state index is 0.108. The molecule has 6 nitrogen and oxygen atoms in total. The van der Waals surface area contributed by atoms with Crippen LogP contribution in [0.25, 0.3) is 0 Å². The van der Waals surface area contributed by atoms with Gasteiger partial charge < -0.3 is 19.5 Å². The van der Waals surface area contributed by atoms with Gasteiger partial charge in [-0.05, 0) is 54.6 Å². The van der Waals surface area contributed by atoms with Gasteiger partial charge in [-0.1, -0.05) is 18.2 Å². The molecule has 0 saturated carbocycles. The average molecular weight is 455 g/mol. The molecule has 170 valence electrons. The molecule has 0 aliphatic heterocycles. The van der Waals surface area contributed by atoms with Gasteiger partial charge in [0.1, 0.15) is 17.2 Å². The minimum Gasteiger partial charge on any atom is -0.497 e. The van der Waals surface area contributed by atoms with Crippen LogP contribution in [0.1, 0.15) is 17.4 Å². The molecule has 1 unspecified atom stereocenters. The number of benzene rings is 2. The number of hydrogen-bond acceptors (Lipinski definition) is 6. The summed E-state index contributed by atoms with van der Waals surface area (Å²) in [7, 11) is 4.83. The Morgan fingerprint density at radius 3 is 2.34 bits per heavy atom. The number of nitrogens with one attached hydrogen (secondary N) is 1. The van der Waals surface area contributed by atoms with Crippen molar-refractivity contribution in [3.05, 3.63) is 70.4 Å². The van der Waals surface area contributed by atoms with E-state index in [1.54, 1.807) is 50.9 Å². The highest BCUT2D eigenvalue weighted by Gasteiger charge is 2.20. The predicted molar refractivity (Wildman–Crippen MR) is 129 cm³/mol. The first-order valence-electron chi connectivity index (χ1n) is 10.4. The summed E-state index contributed by atoms with van der Waals surface area (Å²) in [4.78, 5) is 16.5. The van der Waals surface area contributed by atoms with Crippen molar-refractivity contribution in [3.63, 3.8) is 0 Å². The SMILES string of the molecule is COc1ccc(CN(CC(=O)Nc2cc(OC)ccc2OC)C(C)Cc2cccs2)cc1. The number of carbonyl (C=O) groups is 1. The molecule has 0 spiro atoms. The smallest absolute Gasteiger partial charge is 0.238 e. The maximum Gasteiger partial charge on any atom is 0.238 e. The summed E-state index contributed by atoms with van der Waals surface area (Å²) in [6.07, 6.45) is 0.879. The van der Waals surface area contributed by atoms with E-state index in [0.717, 1.165) is 17.7 Å². The number of carbonyl (C=O) groups excluding carboxylic acids is 1. The first-order chi connectivity index (χ1) is 15.5. The monoisotopic (exact) mass is 454 g/mol. The van der Waals surface area contributed by atoms with E-state index in [1.807, 2.05) is 24.3 Å². The van der Waals surface area contributed by atoms with E-state index in [0.29, 0.717) is 23.7 Å². The molecule has 0 radical (unpaired) electrons. The zero-order chi connectivity index (χ0) is 22.9. The van der Waals surface area contributed by atoms with E-state index in [1.165, 1.54) is 4.88 Å². The Morgan fingerprint density at radius 1 is 1.00 bits per heavy atom. The summed E-state index contributed by atoms with van der Waals surface area (Å²) in [5.41, 5.74) is 1.71. The van der Waals surface area contributed by atoms with Gasteiger partial charge in [0.05, 0.1) is 33.6 Å². The second-order valence-electron chi connectivity index (χ2n) is 7.50. The fourth-order valence-corrected chi connectivity index (χ4v) is 4.29. The number of rotatable bonds is 11. The van der Waals surface area contributed by atoms with E-state index in [4.69, 9.17) is 14.2 Å². The van der Waals surface area contributed by atoms with Crippen LogP contribution in [-0.2, 0) is 17.8 Å². The van der Waals surface area contributed by atoms with Crippen molar-refractivity contribution in [2.45, 2.75) is 25.9 Å². The van der Waals surface area contributed by atoms with Gasteiger partial charge in [-0.15, -0.1) is 11.3 Å². The lowest BCUT2D eigenvalue weighted by molar-refractivity contribution is -0.118. The van der Waals surface area contributed by atoms with Crippen LogP contribution in [0.2, 0.25) is 0 Å². The first kappa shape index (κ1) is 23.6. The van der Waals surface area contributed by atoms with Gasteiger partial charge in [0, 0.05) is 23.5 Å². The molecule has 7 heteroatoms.